The minimum absolute atomic E-state index is 0.356. The molecule has 0 atom stereocenters. The number of pyridine rings is 1. The van der Waals surface area contributed by atoms with Crippen molar-refractivity contribution >= 4 is 22.6 Å². The number of hydrogen-bond donors (Lipinski definition) is 1. The number of carbonyl (C=O) groups excluding carboxylic acids is 1. The standard InChI is InChI=1S/C12H13N3O2/c1-3-17-10(16)7-8(2)11-9-5-4-6-13-12(9)15-14-11/h4-7H,3H2,1-2H3,(H,13,14,15)/b8-7+. The van der Waals surface area contributed by atoms with Crippen molar-refractivity contribution in [1.29, 1.82) is 0 Å². The third-order valence-corrected chi connectivity index (χ3v) is 2.33. The summed E-state index contributed by atoms with van der Waals surface area (Å²) < 4.78 is 4.85. The second-order valence-corrected chi connectivity index (χ2v) is 3.55. The molecular formula is C12H13N3O2. The van der Waals surface area contributed by atoms with Crippen LogP contribution in [-0.4, -0.2) is 27.8 Å². The lowest BCUT2D eigenvalue weighted by atomic mass is 10.1. The van der Waals surface area contributed by atoms with Crippen LogP contribution in [0.4, 0.5) is 0 Å². The highest BCUT2D eigenvalue weighted by Crippen LogP contribution is 2.20. The van der Waals surface area contributed by atoms with Gasteiger partial charge in [0.25, 0.3) is 0 Å². The average molecular weight is 231 g/mol. The van der Waals surface area contributed by atoms with Gasteiger partial charge in [0, 0.05) is 17.7 Å². The number of aromatic amines is 1. The van der Waals surface area contributed by atoms with Gasteiger partial charge in [-0.2, -0.15) is 5.10 Å². The fraction of sp³-hybridized carbons (Fsp3) is 0.250. The van der Waals surface area contributed by atoms with Gasteiger partial charge in [0.1, 0.15) is 0 Å². The number of hydrogen-bond acceptors (Lipinski definition) is 4. The molecule has 1 N–H and O–H groups in total. The highest BCUT2D eigenvalue weighted by atomic mass is 16.5. The van der Waals surface area contributed by atoms with Gasteiger partial charge >= 0.3 is 5.97 Å². The Kier molecular flexibility index (Phi) is 3.18. The largest absolute Gasteiger partial charge is 0.463 e. The third kappa shape index (κ3) is 2.33. The van der Waals surface area contributed by atoms with Crippen molar-refractivity contribution in [3.8, 4) is 0 Å². The van der Waals surface area contributed by atoms with Gasteiger partial charge in [-0.15, -0.1) is 0 Å². The minimum atomic E-state index is -0.356. The molecule has 88 valence electrons. The van der Waals surface area contributed by atoms with Crippen LogP contribution in [-0.2, 0) is 9.53 Å². The third-order valence-electron chi connectivity index (χ3n) is 2.33. The van der Waals surface area contributed by atoms with Crippen molar-refractivity contribution in [3.63, 3.8) is 0 Å². The molecule has 0 aliphatic heterocycles. The molecule has 2 heterocycles. The van der Waals surface area contributed by atoms with E-state index in [1.165, 1.54) is 6.08 Å². The number of nitrogens with zero attached hydrogens (tertiary/aromatic N) is 2. The van der Waals surface area contributed by atoms with Gasteiger partial charge < -0.3 is 4.74 Å². The molecule has 0 bridgehead atoms. The highest BCUT2D eigenvalue weighted by Gasteiger charge is 2.09. The molecule has 5 nitrogen and oxygen atoms in total. The zero-order valence-corrected chi connectivity index (χ0v) is 9.73. The molecule has 2 aromatic heterocycles. The molecular weight excluding hydrogens is 218 g/mol. The molecule has 0 unspecified atom stereocenters. The fourth-order valence-corrected chi connectivity index (χ4v) is 1.58. The van der Waals surface area contributed by atoms with Crippen molar-refractivity contribution in [2.24, 2.45) is 0 Å². The SMILES string of the molecule is CCOC(=O)/C=C(\C)c1n[nH]c2ncccc12. The van der Waals surface area contributed by atoms with Crippen LogP contribution in [0.5, 0.6) is 0 Å². The van der Waals surface area contributed by atoms with Crippen LogP contribution in [0.15, 0.2) is 24.4 Å². The zero-order valence-electron chi connectivity index (χ0n) is 9.73. The van der Waals surface area contributed by atoms with Crippen molar-refractivity contribution in [2.75, 3.05) is 6.61 Å². The number of ether oxygens (including phenoxy) is 1. The maximum atomic E-state index is 11.3. The Hall–Kier alpha value is -2.17. The summed E-state index contributed by atoms with van der Waals surface area (Å²) in [6, 6.07) is 3.74. The molecule has 0 saturated carbocycles. The van der Waals surface area contributed by atoms with Gasteiger partial charge in [0.2, 0.25) is 0 Å². The van der Waals surface area contributed by atoms with Gasteiger partial charge in [0.15, 0.2) is 5.65 Å². The van der Waals surface area contributed by atoms with E-state index in [9.17, 15) is 4.79 Å². The Morgan fingerprint density at radius 1 is 1.59 bits per heavy atom. The molecule has 5 heteroatoms. The summed E-state index contributed by atoms with van der Waals surface area (Å²) >= 11 is 0. The number of esters is 1. The fourth-order valence-electron chi connectivity index (χ4n) is 1.58. The molecule has 0 aromatic carbocycles. The van der Waals surface area contributed by atoms with E-state index < -0.39 is 0 Å². The second-order valence-electron chi connectivity index (χ2n) is 3.55. The van der Waals surface area contributed by atoms with Gasteiger partial charge in [0.05, 0.1) is 12.3 Å². The summed E-state index contributed by atoms with van der Waals surface area (Å²) in [6.07, 6.45) is 3.13. The Morgan fingerprint density at radius 3 is 3.18 bits per heavy atom. The van der Waals surface area contributed by atoms with E-state index in [0.29, 0.717) is 12.3 Å². The predicted molar refractivity (Wildman–Crippen MR) is 64.2 cm³/mol. The maximum Gasteiger partial charge on any atom is 0.331 e. The van der Waals surface area contributed by atoms with Crippen LogP contribution in [0, 0.1) is 0 Å². The molecule has 0 amide bonds. The molecule has 0 aliphatic rings. The van der Waals surface area contributed by atoms with Crippen LogP contribution in [0.1, 0.15) is 19.5 Å². The van der Waals surface area contributed by atoms with Crippen LogP contribution in [0.25, 0.3) is 16.6 Å². The van der Waals surface area contributed by atoms with E-state index in [0.717, 1.165) is 16.7 Å². The topological polar surface area (TPSA) is 67.9 Å². The Morgan fingerprint density at radius 2 is 2.41 bits per heavy atom. The molecule has 0 aliphatic carbocycles. The van der Waals surface area contributed by atoms with Gasteiger partial charge in [-0.3, -0.25) is 5.10 Å². The zero-order chi connectivity index (χ0) is 12.3. The van der Waals surface area contributed by atoms with E-state index >= 15 is 0 Å². The summed E-state index contributed by atoms with van der Waals surface area (Å²) in [4.78, 5) is 15.5. The summed E-state index contributed by atoms with van der Waals surface area (Å²) in [5, 5.41) is 7.86. The van der Waals surface area contributed by atoms with Crippen LogP contribution < -0.4 is 0 Å². The lowest BCUT2D eigenvalue weighted by Crippen LogP contribution is -2.00. The van der Waals surface area contributed by atoms with Crippen molar-refractivity contribution in [2.45, 2.75) is 13.8 Å². The molecule has 0 radical (unpaired) electrons. The van der Waals surface area contributed by atoms with Gasteiger partial charge in [-0.05, 0) is 31.6 Å². The summed E-state index contributed by atoms with van der Waals surface area (Å²) in [5.41, 5.74) is 2.18. The lowest BCUT2D eigenvalue weighted by molar-refractivity contribution is -0.137. The van der Waals surface area contributed by atoms with E-state index in [2.05, 4.69) is 15.2 Å². The highest BCUT2D eigenvalue weighted by molar-refractivity contribution is 5.95. The van der Waals surface area contributed by atoms with Crippen LogP contribution in [0.3, 0.4) is 0 Å². The van der Waals surface area contributed by atoms with Gasteiger partial charge in [-0.25, -0.2) is 9.78 Å². The average Bonchev–Trinajstić information content (AvgIpc) is 2.72. The number of fused-ring (bicyclic) bond motifs is 1. The lowest BCUT2D eigenvalue weighted by Gasteiger charge is -1.98. The first-order chi connectivity index (χ1) is 8.22. The van der Waals surface area contributed by atoms with Crippen LogP contribution >= 0.6 is 0 Å². The summed E-state index contributed by atoms with van der Waals surface area (Å²) in [6.45, 7) is 3.96. The molecule has 2 aromatic rings. The van der Waals surface area contributed by atoms with E-state index in [-0.39, 0.29) is 5.97 Å². The van der Waals surface area contributed by atoms with E-state index in [1.54, 1.807) is 13.1 Å². The first-order valence-electron chi connectivity index (χ1n) is 5.37. The number of aromatic nitrogens is 3. The molecule has 2 rings (SSSR count). The molecule has 17 heavy (non-hydrogen) atoms. The van der Waals surface area contributed by atoms with Gasteiger partial charge in [-0.1, -0.05) is 0 Å². The number of carbonyl (C=O) groups is 1. The quantitative estimate of drug-likeness (QED) is 0.647. The van der Waals surface area contributed by atoms with E-state index in [4.69, 9.17) is 4.74 Å². The Balaban J connectivity index is 2.36. The molecule has 0 saturated heterocycles. The Labute approximate surface area is 98.5 Å². The molecule has 0 fully saturated rings. The normalized spacial score (nSPS) is 11.8. The predicted octanol–water partition coefficient (Wildman–Crippen LogP) is 1.92. The first kappa shape index (κ1) is 11.3. The summed E-state index contributed by atoms with van der Waals surface area (Å²) in [7, 11) is 0. The van der Waals surface area contributed by atoms with Crippen molar-refractivity contribution in [3.05, 3.63) is 30.1 Å². The second kappa shape index (κ2) is 4.78. The summed E-state index contributed by atoms with van der Waals surface area (Å²) in [5.74, 6) is -0.356. The Bertz CT molecular complexity index is 572. The monoisotopic (exact) mass is 231 g/mol. The smallest absolute Gasteiger partial charge is 0.331 e. The number of H-pyrrole nitrogens is 1. The number of rotatable bonds is 3. The van der Waals surface area contributed by atoms with Crippen molar-refractivity contribution < 1.29 is 9.53 Å². The van der Waals surface area contributed by atoms with Crippen molar-refractivity contribution in [1.82, 2.24) is 15.2 Å². The first-order valence-corrected chi connectivity index (χ1v) is 5.37. The van der Waals surface area contributed by atoms with Crippen LogP contribution in [0.2, 0.25) is 0 Å². The molecule has 0 spiro atoms. The van der Waals surface area contributed by atoms with E-state index in [1.807, 2.05) is 19.1 Å². The minimum Gasteiger partial charge on any atom is -0.463 e. The number of nitrogens with one attached hydrogen (secondary N) is 1. The maximum absolute atomic E-state index is 11.3. The number of allylic oxidation sites excluding steroid dienone is 1.